The van der Waals surface area contributed by atoms with Gasteiger partial charge in [0.2, 0.25) is 5.91 Å². The van der Waals surface area contributed by atoms with Crippen LogP contribution in [0.3, 0.4) is 0 Å². The molecule has 0 aliphatic heterocycles. The van der Waals surface area contributed by atoms with Gasteiger partial charge in [0.05, 0.1) is 23.6 Å². The van der Waals surface area contributed by atoms with Crippen LogP contribution in [0.4, 0.5) is 5.00 Å². The maximum Gasteiger partial charge on any atom is 0.341 e. The Morgan fingerprint density at radius 3 is 2.83 bits per heavy atom. The zero-order valence-corrected chi connectivity index (χ0v) is 19.2. The molecule has 10 heteroatoms. The number of amides is 1. The number of ether oxygens (including phenoxy) is 1. The van der Waals surface area contributed by atoms with Crippen molar-refractivity contribution in [3.63, 3.8) is 0 Å². The molecule has 1 amide bonds. The number of esters is 1. The minimum Gasteiger partial charge on any atom is -0.462 e. The molecule has 1 aromatic carbocycles. The van der Waals surface area contributed by atoms with Crippen LogP contribution in [0.5, 0.6) is 0 Å². The predicted molar refractivity (Wildman–Crippen MR) is 120 cm³/mol. The van der Waals surface area contributed by atoms with E-state index in [1.54, 1.807) is 30.0 Å². The van der Waals surface area contributed by atoms with Crippen molar-refractivity contribution in [1.82, 2.24) is 14.8 Å². The summed E-state index contributed by atoms with van der Waals surface area (Å²) in [6, 6.07) is 7.29. The van der Waals surface area contributed by atoms with Crippen molar-refractivity contribution in [2.45, 2.75) is 32.3 Å². The number of carbonyl (C=O) groups excluding carboxylic acids is 2. The summed E-state index contributed by atoms with van der Waals surface area (Å²) in [5.74, 6) is -0.551. The lowest BCUT2D eigenvalue weighted by Crippen LogP contribution is -2.16. The Morgan fingerprint density at radius 1 is 1.33 bits per heavy atom. The molecule has 2 heterocycles. The number of thiophene rings is 1. The van der Waals surface area contributed by atoms with Crippen molar-refractivity contribution in [1.29, 1.82) is 0 Å². The Morgan fingerprint density at radius 2 is 2.13 bits per heavy atom. The van der Waals surface area contributed by atoms with Gasteiger partial charge in [0.15, 0.2) is 5.16 Å². The predicted octanol–water partition coefficient (Wildman–Crippen LogP) is 4.76. The van der Waals surface area contributed by atoms with E-state index in [0.29, 0.717) is 20.7 Å². The van der Waals surface area contributed by atoms with Crippen LogP contribution in [-0.2, 0) is 16.0 Å². The lowest BCUT2D eigenvalue weighted by atomic mass is 10.1. The summed E-state index contributed by atoms with van der Waals surface area (Å²) in [6.07, 6.45) is 2.34. The highest BCUT2D eigenvalue weighted by molar-refractivity contribution is 7.99. The molecule has 0 spiro atoms. The third-order valence-corrected chi connectivity index (χ3v) is 6.76. The molecule has 1 N–H and O–H groups in total. The first kappa shape index (κ1) is 22.3. The first-order valence-corrected chi connectivity index (χ1v) is 11.5. The number of aromatic nitrogens is 3. The minimum atomic E-state index is -0.422. The Bertz CT molecular complexity index is 1060. The van der Waals surface area contributed by atoms with Crippen LogP contribution in [0, 0.1) is 6.92 Å². The van der Waals surface area contributed by atoms with Crippen molar-refractivity contribution in [2.24, 2.45) is 0 Å². The van der Waals surface area contributed by atoms with E-state index in [1.807, 2.05) is 26.0 Å². The van der Waals surface area contributed by atoms with Gasteiger partial charge in [-0.25, -0.2) is 4.79 Å². The molecule has 30 heavy (non-hydrogen) atoms. The summed E-state index contributed by atoms with van der Waals surface area (Å²) in [5, 5.41) is 12.6. The van der Waals surface area contributed by atoms with E-state index in [9.17, 15) is 9.59 Å². The standard InChI is InChI=1S/C20H21ClN4O3S2/c1-4-15-12(3)17(19(27)28-5-2)18(30-15)23-16(26)10-29-20-24-22-11-25(20)14-8-6-7-13(21)9-14/h6-9,11H,4-5,10H2,1-3H3,(H,23,26). The summed E-state index contributed by atoms with van der Waals surface area (Å²) in [5.41, 5.74) is 2.09. The molecule has 0 aliphatic rings. The third-order valence-electron chi connectivity index (χ3n) is 4.23. The number of nitrogens with zero attached hydrogens (tertiary/aromatic N) is 3. The lowest BCUT2D eigenvalue weighted by Gasteiger charge is -2.08. The first-order chi connectivity index (χ1) is 14.4. The molecule has 0 radical (unpaired) electrons. The lowest BCUT2D eigenvalue weighted by molar-refractivity contribution is -0.113. The highest BCUT2D eigenvalue weighted by Crippen LogP contribution is 2.34. The summed E-state index contributed by atoms with van der Waals surface area (Å²) < 4.78 is 6.92. The molecule has 0 unspecified atom stereocenters. The molecular weight excluding hydrogens is 444 g/mol. The van der Waals surface area contributed by atoms with Gasteiger partial charge in [-0.15, -0.1) is 21.5 Å². The molecule has 3 aromatic rings. The molecule has 0 aliphatic carbocycles. The van der Waals surface area contributed by atoms with E-state index < -0.39 is 5.97 Å². The number of thioether (sulfide) groups is 1. The normalized spacial score (nSPS) is 10.8. The highest BCUT2D eigenvalue weighted by Gasteiger charge is 2.23. The van der Waals surface area contributed by atoms with Crippen LogP contribution in [0.1, 0.15) is 34.6 Å². The molecule has 0 atom stereocenters. The number of benzene rings is 1. The molecule has 2 aromatic heterocycles. The van der Waals surface area contributed by atoms with Crippen LogP contribution >= 0.6 is 34.7 Å². The SMILES string of the molecule is CCOC(=O)c1c(NC(=O)CSc2nncn2-c2cccc(Cl)c2)sc(CC)c1C. The van der Waals surface area contributed by atoms with Gasteiger partial charge in [0.1, 0.15) is 11.3 Å². The van der Waals surface area contributed by atoms with Gasteiger partial charge in [-0.05, 0) is 44.0 Å². The Kier molecular flexibility index (Phi) is 7.52. The molecule has 0 saturated carbocycles. The van der Waals surface area contributed by atoms with Crippen LogP contribution in [0.25, 0.3) is 5.69 Å². The minimum absolute atomic E-state index is 0.111. The van der Waals surface area contributed by atoms with Gasteiger partial charge >= 0.3 is 5.97 Å². The second-order valence-corrected chi connectivity index (χ2v) is 8.71. The summed E-state index contributed by atoms with van der Waals surface area (Å²) >= 11 is 8.71. The highest BCUT2D eigenvalue weighted by atomic mass is 35.5. The smallest absolute Gasteiger partial charge is 0.341 e. The Labute approximate surface area is 187 Å². The topological polar surface area (TPSA) is 86.1 Å². The number of rotatable bonds is 8. The molecule has 3 rings (SSSR count). The summed E-state index contributed by atoms with van der Waals surface area (Å²) in [7, 11) is 0. The van der Waals surface area contributed by atoms with Gasteiger partial charge in [-0.1, -0.05) is 36.4 Å². The average Bonchev–Trinajstić information content (AvgIpc) is 3.30. The fourth-order valence-corrected chi connectivity index (χ4v) is 4.92. The van der Waals surface area contributed by atoms with Crippen LogP contribution < -0.4 is 5.32 Å². The quantitative estimate of drug-likeness (QED) is 0.382. The molecular formula is C20H21ClN4O3S2. The molecule has 0 saturated heterocycles. The number of halogens is 1. The number of hydrogen-bond donors (Lipinski definition) is 1. The fourth-order valence-electron chi connectivity index (χ4n) is 2.85. The van der Waals surface area contributed by atoms with E-state index in [2.05, 4.69) is 15.5 Å². The zero-order valence-electron chi connectivity index (χ0n) is 16.8. The van der Waals surface area contributed by atoms with Crippen LogP contribution in [0.15, 0.2) is 35.7 Å². The van der Waals surface area contributed by atoms with Gasteiger partial charge in [0, 0.05) is 9.90 Å². The van der Waals surface area contributed by atoms with E-state index in [1.165, 1.54) is 23.1 Å². The number of aryl methyl sites for hydroxylation is 1. The second-order valence-electron chi connectivity index (χ2n) is 6.23. The second kappa shape index (κ2) is 10.1. The van der Waals surface area contributed by atoms with Crippen molar-refractivity contribution in [2.75, 3.05) is 17.7 Å². The van der Waals surface area contributed by atoms with E-state index in [4.69, 9.17) is 16.3 Å². The maximum absolute atomic E-state index is 12.6. The van der Waals surface area contributed by atoms with Gasteiger partial charge in [0.25, 0.3) is 0 Å². The molecule has 0 bridgehead atoms. The third kappa shape index (κ3) is 5.03. The number of carbonyl (C=O) groups is 2. The maximum atomic E-state index is 12.6. The Balaban J connectivity index is 1.72. The zero-order chi connectivity index (χ0) is 21.7. The fraction of sp³-hybridized carbons (Fsp3) is 0.300. The van der Waals surface area contributed by atoms with Crippen molar-refractivity contribution in [3.8, 4) is 5.69 Å². The first-order valence-electron chi connectivity index (χ1n) is 9.32. The summed E-state index contributed by atoms with van der Waals surface area (Å²) in [4.78, 5) is 26.0. The summed E-state index contributed by atoms with van der Waals surface area (Å²) in [6.45, 7) is 5.92. The van der Waals surface area contributed by atoms with Crippen molar-refractivity contribution >= 4 is 51.6 Å². The Hall–Kier alpha value is -2.36. The molecule has 7 nitrogen and oxygen atoms in total. The van der Waals surface area contributed by atoms with Gasteiger partial charge in [-0.2, -0.15) is 0 Å². The van der Waals surface area contributed by atoms with Crippen LogP contribution in [-0.4, -0.2) is 39.0 Å². The monoisotopic (exact) mass is 464 g/mol. The van der Waals surface area contributed by atoms with Crippen LogP contribution in [0.2, 0.25) is 5.02 Å². The largest absolute Gasteiger partial charge is 0.462 e. The number of anilines is 1. The van der Waals surface area contributed by atoms with Gasteiger partial charge < -0.3 is 10.1 Å². The van der Waals surface area contributed by atoms with E-state index in [0.717, 1.165) is 22.5 Å². The average molecular weight is 465 g/mol. The van der Waals surface area contributed by atoms with Crippen molar-refractivity contribution in [3.05, 3.63) is 51.6 Å². The molecule has 0 fully saturated rings. The van der Waals surface area contributed by atoms with E-state index >= 15 is 0 Å². The van der Waals surface area contributed by atoms with E-state index in [-0.39, 0.29) is 18.3 Å². The number of hydrogen-bond acceptors (Lipinski definition) is 7. The van der Waals surface area contributed by atoms with Crippen molar-refractivity contribution < 1.29 is 14.3 Å². The molecule has 158 valence electrons. The number of nitrogens with one attached hydrogen (secondary N) is 1. The van der Waals surface area contributed by atoms with Gasteiger partial charge in [-0.3, -0.25) is 9.36 Å².